The first kappa shape index (κ1) is 20.7. The molecule has 1 unspecified atom stereocenters. The first-order valence-electron chi connectivity index (χ1n) is 11.9. The van der Waals surface area contributed by atoms with Crippen LogP contribution in [0.2, 0.25) is 0 Å². The highest BCUT2D eigenvalue weighted by molar-refractivity contribution is 7.18. The largest absolute Gasteiger partial charge is 0.381 e. The lowest BCUT2D eigenvalue weighted by Gasteiger charge is -2.54. The van der Waals surface area contributed by atoms with Crippen LogP contribution >= 0.6 is 11.3 Å². The molecule has 6 heteroatoms. The predicted molar refractivity (Wildman–Crippen MR) is 124 cm³/mol. The lowest BCUT2D eigenvalue weighted by atomic mass is 9.74. The molecule has 0 aromatic carbocycles. The first-order valence-corrected chi connectivity index (χ1v) is 12.7. The van der Waals surface area contributed by atoms with Gasteiger partial charge in [0.25, 0.3) is 0 Å². The number of fused-ring (bicyclic) bond motifs is 1. The highest BCUT2D eigenvalue weighted by atomic mass is 32.1. The van der Waals surface area contributed by atoms with Gasteiger partial charge in [0.05, 0.1) is 5.39 Å². The molecule has 5 nitrogen and oxygen atoms in total. The number of aromatic nitrogens is 2. The van der Waals surface area contributed by atoms with Crippen LogP contribution in [0.4, 0.5) is 5.82 Å². The monoisotopic (exact) mass is 428 g/mol. The molecule has 0 radical (unpaired) electrons. The van der Waals surface area contributed by atoms with E-state index in [0.717, 1.165) is 61.3 Å². The second-order valence-electron chi connectivity index (χ2n) is 10.2. The van der Waals surface area contributed by atoms with Crippen molar-refractivity contribution >= 4 is 27.4 Å². The Morgan fingerprint density at radius 1 is 1.20 bits per heavy atom. The molecule has 3 aliphatic heterocycles. The number of anilines is 1. The maximum Gasteiger partial charge on any atom is 0.140 e. The molecule has 2 aromatic heterocycles. The first-order chi connectivity index (χ1) is 14.6. The molecule has 30 heavy (non-hydrogen) atoms. The van der Waals surface area contributed by atoms with E-state index < -0.39 is 0 Å². The summed E-state index contributed by atoms with van der Waals surface area (Å²) in [5.41, 5.74) is 0.460. The average Bonchev–Trinajstić information content (AvgIpc) is 3.36. The van der Waals surface area contributed by atoms with Crippen LogP contribution in [0.1, 0.15) is 51.3 Å². The van der Waals surface area contributed by atoms with Crippen LogP contribution in [-0.2, 0) is 11.2 Å². The fraction of sp³-hybridized carbons (Fsp3) is 0.750. The summed E-state index contributed by atoms with van der Waals surface area (Å²) in [5, 5.41) is 1.26. The Hall–Kier alpha value is -1.24. The summed E-state index contributed by atoms with van der Waals surface area (Å²) in [6, 6.07) is 3.06. The Kier molecular flexibility index (Phi) is 5.76. The van der Waals surface area contributed by atoms with Crippen LogP contribution in [0.15, 0.2) is 12.4 Å². The normalized spacial score (nSPS) is 23.5. The number of hydrogen-bond acceptors (Lipinski definition) is 6. The van der Waals surface area contributed by atoms with E-state index in [1.54, 1.807) is 6.33 Å². The van der Waals surface area contributed by atoms with Crippen molar-refractivity contribution in [1.29, 1.82) is 0 Å². The van der Waals surface area contributed by atoms with Crippen molar-refractivity contribution in [3.8, 4) is 0 Å². The van der Waals surface area contributed by atoms with Crippen molar-refractivity contribution < 1.29 is 4.74 Å². The van der Waals surface area contributed by atoms with E-state index in [1.165, 1.54) is 49.0 Å². The third-order valence-electron chi connectivity index (χ3n) is 7.51. The van der Waals surface area contributed by atoms with Gasteiger partial charge in [-0.25, -0.2) is 9.97 Å². The molecule has 0 amide bonds. The molecule has 0 aliphatic carbocycles. The Labute approximate surface area is 184 Å². The molecule has 2 aromatic rings. The summed E-state index contributed by atoms with van der Waals surface area (Å²) >= 11 is 1.82. The van der Waals surface area contributed by atoms with E-state index in [9.17, 15) is 0 Å². The molecule has 3 saturated heterocycles. The molecule has 0 N–H and O–H groups in total. The maximum absolute atomic E-state index is 5.65. The van der Waals surface area contributed by atoms with E-state index in [1.807, 2.05) is 11.3 Å². The minimum Gasteiger partial charge on any atom is -0.381 e. The van der Waals surface area contributed by atoms with Crippen molar-refractivity contribution in [2.45, 2.75) is 58.9 Å². The summed E-state index contributed by atoms with van der Waals surface area (Å²) in [5.74, 6) is 2.74. The number of ether oxygens (including phenoxy) is 1. The van der Waals surface area contributed by atoms with Gasteiger partial charge in [-0.3, -0.25) is 4.90 Å². The van der Waals surface area contributed by atoms with Crippen LogP contribution < -0.4 is 4.90 Å². The minimum atomic E-state index is 0.460. The molecule has 1 spiro atoms. The van der Waals surface area contributed by atoms with E-state index in [-0.39, 0.29) is 0 Å². The van der Waals surface area contributed by atoms with Crippen molar-refractivity contribution in [3.05, 3.63) is 17.3 Å². The molecular weight excluding hydrogens is 392 g/mol. The SMILES string of the molecule is CCc1cc2c(N3CCC4(C3)CN(C(CC(C)C)C3CCOCC3)C4)ncnc2s1. The molecule has 1 atom stereocenters. The maximum atomic E-state index is 5.65. The molecule has 5 rings (SSSR count). The van der Waals surface area contributed by atoms with Gasteiger partial charge in [-0.1, -0.05) is 20.8 Å². The van der Waals surface area contributed by atoms with E-state index in [0.29, 0.717) is 5.41 Å². The quantitative estimate of drug-likeness (QED) is 0.672. The lowest BCUT2D eigenvalue weighted by Crippen LogP contribution is -2.62. The molecular formula is C24H36N4OS. The van der Waals surface area contributed by atoms with Gasteiger partial charge < -0.3 is 9.64 Å². The average molecular weight is 429 g/mol. The number of thiophene rings is 1. The zero-order valence-corrected chi connectivity index (χ0v) is 19.6. The Bertz CT molecular complexity index is 869. The molecule has 0 saturated carbocycles. The number of aryl methyl sites for hydroxylation is 1. The Morgan fingerprint density at radius 2 is 2.00 bits per heavy atom. The third-order valence-corrected chi connectivity index (χ3v) is 8.70. The van der Waals surface area contributed by atoms with Gasteiger partial charge in [-0.05, 0) is 50.0 Å². The van der Waals surface area contributed by atoms with Crippen molar-refractivity contribution in [3.63, 3.8) is 0 Å². The number of hydrogen-bond donors (Lipinski definition) is 0. The lowest BCUT2D eigenvalue weighted by molar-refractivity contribution is -0.0615. The Morgan fingerprint density at radius 3 is 2.73 bits per heavy atom. The fourth-order valence-electron chi connectivity index (χ4n) is 5.97. The van der Waals surface area contributed by atoms with Gasteiger partial charge in [0.1, 0.15) is 17.0 Å². The van der Waals surface area contributed by atoms with Gasteiger partial charge >= 0.3 is 0 Å². The van der Waals surface area contributed by atoms with Gasteiger partial charge in [-0.15, -0.1) is 11.3 Å². The van der Waals surface area contributed by atoms with Gasteiger partial charge in [0.2, 0.25) is 0 Å². The van der Waals surface area contributed by atoms with Crippen molar-refractivity contribution in [2.24, 2.45) is 17.3 Å². The van der Waals surface area contributed by atoms with Crippen LogP contribution in [-0.4, -0.2) is 60.3 Å². The van der Waals surface area contributed by atoms with Crippen molar-refractivity contribution in [1.82, 2.24) is 14.9 Å². The smallest absolute Gasteiger partial charge is 0.140 e. The van der Waals surface area contributed by atoms with Gasteiger partial charge in [-0.2, -0.15) is 0 Å². The van der Waals surface area contributed by atoms with Gasteiger partial charge in [0, 0.05) is 55.7 Å². The summed E-state index contributed by atoms with van der Waals surface area (Å²) in [6.45, 7) is 13.7. The minimum absolute atomic E-state index is 0.460. The summed E-state index contributed by atoms with van der Waals surface area (Å²) in [6.07, 6.45) is 7.93. The predicted octanol–water partition coefficient (Wildman–Crippen LogP) is 4.61. The molecule has 5 heterocycles. The summed E-state index contributed by atoms with van der Waals surface area (Å²) in [4.78, 5) is 17.2. The second-order valence-corrected chi connectivity index (χ2v) is 11.3. The highest BCUT2D eigenvalue weighted by Crippen LogP contribution is 2.45. The highest BCUT2D eigenvalue weighted by Gasteiger charge is 2.50. The fourth-order valence-corrected chi connectivity index (χ4v) is 6.90. The second kappa shape index (κ2) is 8.36. The molecule has 164 valence electrons. The van der Waals surface area contributed by atoms with E-state index >= 15 is 0 Å². The number of rotatable bonds is 6. The standard InChI is InChI=1S/C24H36N4OS/c1-4-19-12-20-22(25-16-26-23(20)30-19)27-8-7-24(13-27)14-28(15-24)21(11-17(2)3)18-5-9-29-10-6-18/h12,16-18,21H,4-11,13-15H2,1-3H3. The van der Waals surface area contributed by atoms with Crippen molar-refractivity contribution in [2.75, 3.05) is 44.3 Å². The zero-order valence-electron chi connectivity index (χ0n) is 18.8. The topological polar surface area (TPSA) is 41.5 Å². The zero-order chi connectivity index (χ0) is 20.7. The Balaban J connectivity index is 1.28. The van der Waals surface area contributed by atoms with Crippen LogP contribution in [0.5, 0.6) is 0 Å². The van der Waals surface area contributed by atoms with E-state index in [2.05, 4.69) is 41.6 Å². The van der Waals surface area contributed by atoms with Crippen LogP contribution in [0.3, 0.4) is 0 Å². The summed E-state index contributed by atoms with van der Waals surface area (Å²) in [7, 11) is 0. The number of nitrogens with zero attached hydrogens (tertiary/aromatic N) is 4. The molecule has 0 bridgehead atoms. The molecule has 3 fully saturated rings. The van der Waals surface area contributed by atoms with Crippen LogP contribution in [0, 0.1) is 17.3 Å². The van der Waals surface area contributed by atoms with Gasteiger partial charge in [0.15, 0.2) is 0 Å². The third kappa shape index (κ3) is 3.87. The summed E-state index contributed by atoms with van der Waals surface area (Å²) < 4.78 is 5.65. The number of likely N-dealkylation sites (tertiary alicyclic amines) is 1. The van der Waals surface area contributed by atoms with Crippen LogP contribution in [0.25, 0.3) is 10.2 Å². The molecule has 3 aliphatic rings. The van der Waals surface area contributed by atoms with E-state index in [4.69, 9.17) is 9.72 Å².